The molecular formula is C30H37NO5. The van der Waals surface area contributed by atoms with E-state index in [4.69, 9.17) is 4.74 Å². The number of carbonyl (C=O) groups is 2. The summed E-state index contributed by atoms with van der Waals surface area (Å²) in [6.07, 6.45) is 8.17. The van der Waals surface area contributed by atoms with Crippen LogP contribution in [0.15, 0.2) is 48.1 Å². The van der Waals surface area contributed by atoms with Gasteiger partial charge in [-0.15, -0.1) is 0 Å². The molecule has 1 heterocycles. The fourth-order valence-electron chi connectivity index (χ4n) is 9.53. The molecule has 0 aromatic heterocycles. The minimum absolute atomic E-state index is 0.0394. The molecule has 4 fully saturated rings. The highest BCUT2D eigenvalue weighted by atomic mass is 16.5. The number of ether oxygens (including phenoxy) is 1. The Kier molecular flexibility index (Phi) is 5.34. The zero-order valence-electron chi connectivity index (χ0n) is 21.4. The van der Waals surface area contributed by atoms with Crippen LogP contribution in [0.25, 0.3) is 0 Å². The van der Waals surface area contributed by atoms with Crippen molar-refractivity contribution < 1.29 is 24.5 Å². The van der Waals surface area contributed by atoms with E-state index in [2.05, 4.69) is 18.7 Å². The minimum atomic E-state index is -0.687. The first-order valence-electron chi connectivity index (χ1n) is 13.3. The van der Waals surface area contributed by atoms with Crippen LogP contribution in [0.4, 0.5) is 5.69 Å². The van der Waals surface area contributed by atoms with E-state index >= 15 is 0 Å². The Hall–Kier alpha value is -2.44. The Balaban J connectivity index is 1.38. The van der Waals surface area contributed by atoms with Crippen molar-refractivity contribution in [1.82, 2.24) is 0 Å². The van der Waals surface area contributed by atoms with Crippen molar-refractivity contribution in [3.63, 3.8) is 0 Å². The Bertz CT molecular complexity index is 1160. The van der Waals surface area contributed by atoms with Crippen molar-refractivity contribution >= 4 is 17.3 Å². The van der Waals surface area contributed by atoms with Crippen LogP contribution >= 0.6 is 0 Å². The maximum atomic E-state index is 13.7. The predicted octanol–water partition coefficient (Wildman–Crippen LogP) is 3.57. The molecule has 0 radical (unpaired) electrons. The molecule has 2 N–H and O–H groups in total. The number of fused-ring (bicyclic) bond motifs is 7. The topological polar surface area (TPSA) is 87.1 Å². The highest BCUT2D eigenvalue weighted by molar-refractivity contribution is 6.01. The normalized spacial score (nSPS) is 42.8. The third-order valence-electron chi connectivity index (χ3n) is 11.1. The van der Waals surface area contributed by atoms with Gasteiger partial charge in [-0.1, -0.05) is 25.5 Å². The van der Waals surface area contributed by atoms with Gasteiger partial charge in [0.1, 0.15) is 12.4 Å². The Morgan fingerprint density at radius 3 is 2.67 bits per heavy atom. The summed E-state index contributed by atoms with van der Waals surface area (Å²) in [5.41, 5.74) is 0.794. The molecule has 5 aliphatic rings. The molecule has 1 aromatic rings. The molecule has 192 valence electrons. The number of hydrogen-bond acceptors (Lipinski definition) is 6. The Morgan fingerprint density at radius 2 is 1.97 bits per heavy atom. The molecule has 8 atom stereocenters. The van der Waals surface area contributed by atoms with Crippen molar-refractivity contribution in [3.05, 3.63) is 48.1 Å². The maximum Gasteiger partial charge on any atom is 0.178 e. The van der Waals surface area contributed by atoms with Gasteiger partial charge in [-0.05, 0) is 85.3 Å². The van der Waals surface area contributed by atoms with Crippen molar-refractivity contribution in [2.75, 3.05) is 31.7 Å². The molecule has 1 aliphatic heterocycles. The molecule has 0 spiro atoms. The molecule has 4 aliphatic carbocycles. The molecule has 0 amide bonds. The van der Waals surface area contributed by atoms with Gasteiger partial charge in [0.05, 0.1) is 18.6 Å². The van der Waals surface area contributed by atoms with Gasteiger partial charge in [-0.2, -0.15) is 0 Å². The van der Waals surface area contributed by atoms with Crippen LogP contribution in [0.5, 0.6) is 5.75 Å². The first-order chi connectivity index (χ1) is 17.2. The predicted molar refractivity (Wildman–Crippen MR) is 137 cm³/mol. The van der Waals surface area contributed by atoms with E-state index in [0.717, 1.165) is 42.8 Å². The van der Waals surface area contributed by atoms with Gasteiger partial charge in [0, 0.05) is 30.1 Å². The molecule has 1 saturated heterocycles. The zero-order valence-corrected chi connectivity index (χ0v) is 21.4. The van der Waals surface area contributed by atoms with Gasteiger partial charge in [-0.25, -0.2) is 0 Å². The number of methoxy groups -OCH3 is 1. The number of allylic oxidation sites excluding steroid dienone is 4. The van der Waals surface area contributed by atoms with Gasteiger partial charge in [0.15, 0.2) is 11.6 Å². The standard InChI is InChI=1S/C30H37NO5/c1-28-11-10-21(33)12-18(28)4-9-23-24-13-19-15-31(20-5-7-22(36-3)8-6-20)17-30(19,26(35)16-32)29(24,2)14-25(34)27(23)28/h5-8,10-12,19,23-25,27,32,34H,4,9,13-17H2,1-3H3. The van der Waals surface area contributed by atoms with E-state index in [1.807, 2.05) is 30.3 Å². The highest BCUT2D eigenvalue weighted by Crippen LogP contribution is 2.72. The summed E-state index contributed by atoms with van der Waals surface area (Å²) >= 11 is 0. The zero-order chi connectivity index (χ0) is 25.5. The maximum absolute atomic E-state index is 13.7. The van der Waals surface area contributed by atoms with Gasteiger partial charge < -0.3 is 19.8 Å². The summed E-state index contributed by atoms with van der Waals surface area (Å²) < 4.78 is 5.32. The van der Waals surface area contributed by atoms with Gasteiger partial charge in [-0.3, -0.25) is 9.59 Å². The molecule has 36 heavy (non-hydrogen) atoms. The van der Waals surface area contributed by atoms with Crippen LogP contribution in [0, 0.1) is 39.9 Å². The highest BCUT2D eigenvalue weighted by Gasteiger charge is 2.73. The quantitative estimate of drug-likeness (QED) is 0.670. The summed E-state index contributed by atoms with van der Waals surface area (Å²) in [7, 11) is 1.65. The fourth-order valence-corrected chi connectivity index (χ4v) is 9.53. The molecule has 6 heteroatoms. The van der Waals surface area contributed by atoms with E-state index < -0.39 is 23.5 Å². The number of Topliss-reactive ketones (excluding diaryl/α,β-unsaturated/α-hetero) is 1. The number of hydrogen-bond donors (Lipinski definition) is 2. The largest absolute Gasteiger partial charge is 0.497 e. The van der Waals surface area contributed by atoms with Crippen molar-refractivity contribution in [2.45, 2.75) is 45.6 Å². The molecule has 6 nitrogen and oxygen atoms in total. The van der Waals surface area contributed by atoms with Crippen LogP contribution in [-0.4, -0.2) is 54.7 Å². The van der Waals surface area contributed by atoms with E-state index in [-0.39, 0.29) is 34.7 Å². The number of rotatable bonds is 4. The number of aliphatic hydroxyl groups is 2. The molecular weight excluding hydrogens is 454 g/mol. The second-order valence-electron chi connectivity index (χ2n) is 12.3. The van der Waals surface area contributed by atoms with E-state index in [9.17, 15) is 19.8 Å². The number of benzene rings is 1. The second-order valence-corrected chi connectivity index (χ2v) is 12.3. The van der Waals surface area contributed by atoms with Crippen LogP contribution in [0.1, 0.15) is 39.5 Å². The lowest BCUT2D eigenvalue weighted by molar-refractivity contribution is -0.157. The van der Waals surface area contributed by atoms with Crippen LogP contribution in [0.3, 0.4) is 0 Å². The molecule has 6 rings (SSSR count). The van der Waals surface area contributed by atoms with Crippen LogP contribution in [-0.2, 0) is 9.59 Å². The van der Waals surface area contributed by atoms with E-state index in [1.54, 1.807) is 19.3 Å². The van der Waals surface area contributed by atoms with Crippen molar-refractivity contribution in [2.24, 2.45) is 39.9 Å². The van der Waals surface area contributed by atoms with Crippen LogP contribution in [0.2, 0.25) is 0 Å². The number of anilines is 1. The Labute approximate surface area is 213 Å². The van der Waals surface area contributed by atoms with Gasteiger partial charge >= 0.3 is 0 Å². The average Bonchev–Trinajstić information content (AvgIpc) is 3.37. The van der Waals surface area contributed by atoms with Crippen LogP contribution < -0.4 is 9.64 Å². The van der Waals surface area contributed by atoms with E-state index in [1.165, 1.54) is 0 Å². The number of aliphatic hydroxyl groups excluding tert-OH is 2. The van der Waals surface area contributed by atoms with Crippen molar-refractivity contribution in [1.29, 1.82) is 0 Å². The SMILES string of the molecule is COc1ccc(N2CC3CC4C5CCC6=CC(=O)C=CC6(C)C5C(O)CC4(C)C3(C(=O)CO)C2)cc1. The first kappa shape index (κ1) is 23.9. The van der Waals surface area contributed by atoms with Crippen molar-refractivity contribution in [3.8, 4) is 5.75 Å². The summed E-state index contributed by atoms with van der Waals surface area (Å²) in [4.78, 5) is 28.1. The summed E-state index contributed by atoms with van der Waals surface area (Å²) in [6.45, 7) is 5.27. The Morgan fingerprint density at radius 1 is 1.22 bits per heavy atom. The lowest BCUT2D eigenvalue weighted by Gasteiger charge is -2.60. The minimum Gasteiger partial charge on any atom is -0.497 e. The average molecular weight is 492 g/mol. The monoisotopic (exact) mass is 491 g/mol. The first-order valence-corrected chi connectivity index (χ1v) is 13.3. The van der Waals surface area contributed by atoms with Gasteiger partial charge in [0.25, 0.3) is 0 Å². The lowest BCUT2D eigenvalue weighted by Crippen LogP contribution is -2.60. The molecule has 1 aromatic carbocycles. The third-order valence-corrected chi connectivity index (χ3v) is 11.1. The number of nitrogens with zero attached hydrogens (tertiary/aromatic N) is 1. The third kappa shape index (κ3) is 2.97. The van der Waals surface area contributed by atoms with Gasteiger partial charge in [0.2, 0.25) is 0 Å². The summed E-state index contributed by atoms with van der Waals surface area (Å²) in [5, 5.41) is 22.0. The smallest absolute Gasteiger partial charge is 0.178 e. The molecule has 0 bridgehead atoms. The molecule has 8 unspecified atom stereocenters. The lowest BCUT2D eigenvalue weighted by atomic mass is 9.44. The second kappa shape index (κ2) is 8.03. The van der Waals surface area contributed by atoms with E-state index in [0.29, 0.717) is 18.9 Å². The fraction of sp³-hybridized carbons (Fsp3) is 0.600. The molecule has 3 saturated carbocycles. The summed E-state index contributed by atoms with van der Waals surface area (Å²) in [6, 6.07) is 7.96. The summed E-state index contributed by atoms with van der Waals surface area (Å²) in [5.74, 6) is 1.51. The number of ketones is 2. The number of carbonyl (C=O) groups excluding carboxylic acids is 2.